The maximum absolute atomic E-state index is 13.4. The molecule has 7 heteroatoms. The van der Waals surface area contributed by atoms with Gasteiger partial charge in [0, 0.05) is 5.41 Å². The molecule has 0 saturated heterocycles. The van der Waals surface area contributed by atoms with Gasteiger partial charge in [0.15, 0.2) is 0 Å². The van der Waals surface area contributed by atoms with Crippen molar-refractivity contribution in [3.05, 3.63) is 0 Å². The summed E-state index contributed by atoms with van der Waals surface area (Å²) in [6, 6.07) is 0. The third-order valence-corrected chi connectivity index (χ3v) is 4.55. The smallest absolute Gasteiger partial charge is 0.357 e. The van der Waals surface area contributed by atoms with Gasteiger partial charge in [0.1, 0.15) is 0 Å². The van der Waals surface area contributed by atoms with Crippen LogP contribution in [0.3, 0.4) is 0 Å². The molecule has 0 aromatic heterocycles. The van der Waals surface area contributed by atoms with Crippen molar-refractivity contribution in [3.63, 3.8) is 0 Å². The molecule has 1 saturated carbocycles. The molecule has 0 aromatic carbocycles. The molecule has 1 nitrogen and oxygen atoms in total. The molecule has 0 aliphatic heterocycles. The topological polar surface area (TPSA) is 9.23 Å². The fourth-order valence-electron chi connectivity index (χ4n) is 3.22. The molecule has 1 aliphatic rings. The van der Waals surface area contributed by atoms with Crippen molar-refractivity contribution < 1.29 is 31.1 Å². The molecule has 0 amide bonds. The van der Waals surface area contributed by atoms with Crippen LogP contribution >= 0.6 is 0 Å². The molecule has 0 radical (unpaired) electrons. The van der Waals surface area contributed by atoms with Gasteiger partial charge in [-0.25, -0.2) is 0 Å². The van der Waals surface area contributed by atoms with Crippen LogP contribution in [0.5, 0.6) is 0 Å². The fraction of sp³-hybridized carbons (Fsp3) is 1.00. The highest BCUT2D eigenvalue weighted by Crippen LogP contribution is 2.56. The van der Waals surface area contributed by atoms with Crippen molar-refractivity contribution >= 4 is 0 Å². The van der Waals surface area contributed by atoms with Crippen LogP contribution in [-0.2, 0) is 4.74 Å². The molecular weight excluding hydrogens is 310 g/mol. The third-order valence-electron chi connectivity index (χ3n) is 4.55. The minimum Gasteiger partial charge on any atom is -0.357 e. The Morgan fingerprint density at radius 1 is 0.818 bits per heavy atom. The number of ether oxygens (including phenoxy) is 1. The summed E-state index contributed by atoms with van der Waals surface area (Å²) in [4.78, 5) is 0. The Bertz CT molecular complexity index is 335. The Morgan fingerprint density at radius 3 is 1.55 bits per heavy atom. The van der Waals surface area contributed by atoms with Crippen LogP contribution in [-0.4, -0.2) is 24.6 Å². The molecule has 1 rings (SSSR count). The molecule has 0 aromatic rings. The van der Waals surface area contributed by atoms with E-state index in [0.29, 0.717) is 12.8 Å². The van der Waals surface area contributed by atoms with E-state index < -0.39 is 35.4 Å². The Kier molecular flexibility index (Phi) is 5.23. The maximum Gasteiger partial charge on any atom is 0.427 e. The van der Waals surface area contributed by atoms with Gasteiger partial charge in [0.2, 0.25) is 0 Å². The number of alkyl halides is 6. The first-order valence-electron chi connectivity index (χ1n) is 7.44. The Hall–Kier alpha value is -0.460. The van der Waals surface area contributed by atoms with Crippen LogP contribution in [0.4, 0.5) is 26.3 Å². The van der Waals surface area contributed by atoms with Crippen LogP contribution in [0, 0.1) is 10.8 Å². The number of halogens is 6. The van der Waals surface area contributed by atoms with E-state index in [-0.39, 0.29) is 0 Å². The molecule has 0 unspecified atom stereocenters. The highest BCUT2D eigenvalue weighted by molar-refractivity contribution is 5.05. The Balaban J connectivity index is 3.16. The molecule has 0 spiro atoms. The van der Waals surface area contributed by atoms with Crippen molar-refractivity contribution in [3.8, 4) is 0 Å². The molecule has 22 heavy (non-hydrogen) atoms. The first kappa shape index (κ1) is 19.6. The summed E-state index contributed by atoms with van der Waals surface area (Å²) in [6.07, 6.45) is -7.33. The molecule has 0 atom stereocenters. The molecule has 0 heterocycles. The predicted octanol–water partition coefficient (Wildman–Crippen LogP) is 5.88. The minimum atomic E-state index is -5.53. The molecule has 1 aliphatic carbocycles. The maximum atomic E-state index is 13.4. The minimum absolute atomic E-state index is 0.538. The van der Waals surface area contributed by atoms with Crippen LogP contribution in [0.2, 0.25) is 0 Å². The monoisotopic (exact) mass is 334 g/mol. The van der Waals surface area contributed by atoms with Crippen molar-refractivity contribution in [1.82, 2.24) is 0 Å². The molecule has 0 bridgehead atoms. The summed E-state index contributed by atoms with van der Waals surface area (Å²) in [5.41, 5.74) is -6.95. The van der Waals surface area contributed by atoms with Crippen molar-refractivity contribution in [2.24, 2.45) is 10.8 Å². The Labute approximate surface area is 127 Å². The first-order valence-corrected chi connectivity index (χ1v) is 7.44. The van der Waals surface area contributed by atoms with Gasteiger partial charge in [-0.05, 0) is 18.3 Å². The van der Waals surface area contributed by atoms with Gasteiger partial charge in [-0.3, -0.25) is 0 Å². The first-order chi connectivity index (χ1) is 9.66. The normalized spacial score (nSPS) is 21.0. The van der Waals surface area contributed by atoms with Gasteiger partial charge in [-0.1, -0.05) is 47.0 Å². The SMILES string of the molecule is CC1(COC(C(C)(C)C)(C(F)(F)F)C(F)(F)F)CCCCC1. The van der Waals surface area contributed by atoms with E-state index >= 15 is 0 Å². The van der Waals surface area contributed by atoms with Crippen LogP contribution in [0.15, 0.2) is 0 Å². The van der Waals surface area contributed by atoms with Crippen LogP contribution < -0.4 is 0 Å². The van der Waals surface area contributed by atoms with Crippen molar-refractivity contribution in [1.29, 1.82) is 0 Å². The van der Waals surface area contributed by atoms with E-state index in [2.05, 4.69) is 0 Å². The van der Waals surface area contributed by atoms with Crippen molar-refractivity contribution in [2.75, 3.05) is 6.61 Å². The van der Waals surface area contributed by atoms with E-state index in [1.165, 1.54) is 0 Å². The van der Waals surface area contributed by atoms with E-state index in [9.17, 15) is 26.3 Å². The fourth-order valence-corrected chi connectivity index (χ4v) is 3.22. The second kappa shape index (κ2) is 5.87. The summed E-state index contributed by atoms with van der Waals surface area (Å²) in [5.74, 6) is 0. The average Bonchev–Trinajstić information content (AvgIpc) is 2.24. The molecule has 1 fully saturated rings. The van der Waals surface area contributed by atoms with E-state index in [0.717, 1.165) is 40.0 Å². The second-order valence-electron chi connectivity index (χ2n) is 7.59. The number of hydrogen-bond donors (Lipinski definition) is 0. The van der Waals surface area contributed by atoms with E-state index in [1.807, 2.05) is 0 Å². The van der Waals surface area contributed by atoms with Crippen molar-refractivity contribution in [2.45, 2.75) is 77.8 Å². The lowest BCUT2D eigenvalue weighted by atomic mass is 9.73. The lowest BCUT2D eigenvalue weighted by Gasteiger charge is -2.48. The van der Waals surface area contributed by atoms with Gasteiger partial charge in [0.05, 0.1) is 6.61 Å². The summed E-state index contributed by atoms with van der Waals surface area (Å²) in [7, 11) is 0. The lowest BCUT2D eigenvalue weighted by Crippen LogP contribution is -2.66. The zero-order valence-corrected chi connectivity index (χ0v) is 13.4. The van der Waals surface area contributed by atoms with Gasteiger partial charge in [-0.2, -0.15) is 26.3 Å². The van der Waals surface area contributed by atoms with Crippen LogP contribution in [0.1, 0.15) is 59.8 Å². The third kappa shape index (κ3) is 3.54. The quantitative estimate of drug-likeness (QED) is 0.585. The standard InChI is InChI=1S/C15H24F6O/c1-11(2,3)13(14(16,17)18,15(19,20)21)22-10-12(4)8-6-5-7-9-12/h5-10H2,1-4H3. The van der Waals surface area contributed by atoms with Gasteiger partial charge >= 0.3 is 12.4 Å². The number of hydrogen-bond acceptors (Lipinski definition) is 1. The molecular formula is C15H24F6O. The zero-order chi connectivity index (χ0) is 17.4. The molecule has 132 valence electrons. The largest absolute Gasteiger partial charge is 0.427 e. The summed E-state index contributed by atoms with van der Waals surface area (Å²) in [5, 5.41) is 0. The predicted molar refractivity (Wildman–Crippen MR) is 71.4 cm³/mol. The van der Waals surface area contributed by atoms with Crippen LogP contribution in [0.25, 0.3) is 0 Å². The lowest BCUT2D eigenvalue weighted by molar-refractivity contribution is -0.413. The zero-order valence-electron chi connectivity index (χ0n) is 13.4. The highest BCUT2D eigenvalue weighted by atomic mass is 19.4. The van der Waals surface area contributed by atoms with E-state index in [4.69, 9.17) is 4.74 Å². The molecule has 0 N–H and O–H groups in total. The second-order valence-corrected chi connectivity index (χ2v) is 7.59. The number of rotatable bonds is 3. The highest BCUT2D eigenvalue weighted by Gasteiger charge is 2.77. The summed E-state index contributed by atoms with van der Waals surface area (Å²) in [6.45, 7) is 3.90. The summed E-state index contributed by atoms with van der Waals surface area (Å²) >= 11 is 0. The van der Waals surface area contributed by atoms with E-state index in [1.54, 1.807) is 6.92 Å². The summed E-state index contributed by atoms with van der Waals surface area (Å²) < 4.78 is 85.1. The van der Waals surface area contributed by atoms with Gasteiger partial charge < -0.3 is 4.74 Å². The average molecular weight is 334 g/mol. The Morgan fingerprint density at radius 2 is 1.23 bits per heavy atom. The van der Waals surface area contributed by atoms with Gasteiger partial charge in [-0.15, -0.1) is 0 Å². The van der Waals surface area contributed by atoms with Gasteiger partial charge in [0.25, 0.3) is 5.60 Å².